The first-order chi connectivity index (χ1) is 7.14. The normalized spacial score (nSPS) is 13.3. The molecule has 0 amide bonds. The average Bonchev–Trinajstić information content (AvgIpc) is 2.18. The van der Waals surface area contributed by atoms with Crippen LogP contribution in [-0.4, -0.2) is 46.3 Å². The zero-order valence-electron chi connectivity index (χ0n) is 10.9. The van der Waals surface area contributed by atoms with Gasteiger partial charge in [0.15, 0.2) is 0 Å². The van der Waals surface area contributed by atoms with Crippen LogP contribution in [0.2, 0.25) is 0 Å². The molecule has 1 unspecified atom stereocenters. The summed E-state index contributed by atoms with van der Waals surface area (Å²) >= 11 is 2.28. The van der Waals surface area contributed by atoms with Gasteiger partial charge in [0.25, 0.3) is 0 Å². The maximum Gasteiger partial charge on any atom is 0.112 e. The Kier molecular flexibility index (Phi) is 14.1. The largest absolute Gasteiger partial charge is 1.00 e. The van der Waals surface area contributed by atoms with Gasteiger partial charge in [0, 0.05) is 4.43 Å². The molecule has 1 N–H and O–H groups in total. The Balaban J connectivity index is 0. The molecule has 0 aliphatic heterocycles. The first-order valence-electron chi connectivity index (χ1n) is 6.23. The molecule has 0 bridgehead atoms. The molecule has 2 nitrogen and oxygen atoms in total. The van der Waals surface area contributed by atoms with Crippen LogP contribution >= 0.6 is 22.6 Å². The van der Waals surface area contributed by atoms with Gasteiger partial charge < -0.3 is 33.6 Å². The number of hydrogen-bond donors (Lipinski definition) is 1. The molecule has 0 aliphatic carbocycles. The topological polar surface area (TPSA) is 20.2 Å². The van der Waals surface area contributed by atoms with E-state index in [4.69, 9.17) is 0 Å². The predicted molar refractivity (Wildman–Crippen MR) is 75.5 cm³/mol. The van der Waals surface area contributed by atoms with Crippen molar-refractivity contribution in [2.24, 2.45) is 0 Å². The Hall–Kier alpha value is 1.38. The summed E-state index contributed by atoms with van der Waals surface area (Å²) in [4.78, 5) is 0. The van der Waals surface area contributed by atoms with Gasteiger partial charge in [-0.05, 0) is 19.3 Å². The number of hydrogen-bond acceptors (Lipinski definition) is 1. The van der Waals surface area contributed by atoms with Gasteiger partial charge in [-0.3, -0.25) is 0 Å². The van der Waals surface area contributed by atoms with Crippen molar-refractivity contribution < 1.29 is 33.6 Å². The highest BCUT2D eigenvalue weighted by atomic mass is 127. The summed E-state index contributed by atoms with van der Waals surface area (Å²) in [6.07, 6.45) is 3.52. The van der Waals surface area contributed by atoms with E-state index in [1.165, 1.54) is 38.9 Å². The third-order valence-corrected chi connectivity index (χ3v) is 3.89. The van der Waals surface area contributed by atoms with Gasteiger partial charge in [0.2, 0.25) is 0 Å². The molecule has 16 heavy (non-hydrogen) atoms. The van der Waals surface area contributed by atoms with Crippen LogP contribution < -0.4 is 24.0 Å². The Bertz CT molecular complexity index is 139. The molecule has 0 aromatic heterocycles. The van der Waals surface area contributed by atoms with E-state index in [1.54, 1.807) is 0 Å². The molecule has 0 radical (unpaired) electrons. The minimum Gasteiger partial charge on any atom is -1.00 e. The third kappa shape index (κ3) is 7.66. The van der Waals surface area contributed by atoms with Gasteiger partial charge >= 0.3 is 0 Å². The van der Waals surface area contributed by atoms with E-state index in [2.05, 4.69) is 43.4 Å². The number of alkyl halides is 1. The van der Waals surface area contributed by atoms with Crippen LogP contribution in [0.15, 0.2) is 0 Å². The second-order valence-electron chi connectivity index (χ2n) is 4.50. The van der Waals surface area contributed by atoms with Gasteiger partial charge in [-0.15, -0.1) is 0 Å². The number of aliphatic hydroxyl groups is 1. The second kappa shape index (κ2) is 11.5. The van der Waals surface area contributed by atoms with E-state index in [-0.39, 0.29) is 30.1 Å². The summed E-state index contributed by atoms with van der Waals surface area (Å²) < 4.78 is 1.97. The zero-order chi connectivity index (χ0) is 11.7. The quantitative estimate of drug-likeness (QED) is 0.291. The molecule has 0 aromatic rings. The highest BCUT2D eigenvalue weighted by Crippen LogP contribution is 2.14. The Morgan fingerprint density at radius 1 is 1.00 bits per heavy atom. The van der Waals surface area contributed by atoms with Gasteiger partial charge in [0.05, 0.1) is 19.6 Å². The molecule has 1 atom stereocenters. The van der Waals surface area contributed by atoms with Crippen LogP contribution in [0, 0.1) is 0 Å². The van der Waals surface area contributed by atoms with Crippen molar-refractivity contribution in [1.82, 2.24) is 0 Å². The summed E-state index contributed by atoms with van der Waals surface area (Å²) in [6.45, 7) is 11.3. The first-order valence-corrected chi connectivity index (χ1v) is 7.75. The van der Waals surface area contributed by atoms with Crippen LogP contribution in [0.1, 0.15) is 40.0 Å². The molecule has 0 aromatic carbocycles. The second-order valence-corrected chi connectivity index (χ2v) is 5.38. The lowest BCUT2D eigenvalue weighted by Gasteiger charge is -2.39. The maximum absolute atomic E-state index is 9.85. The molecule has 4 heteroatoms. The van der Waals surface area contributed by atoms with Crippen molar-refractivity contribution in [3.8, 4) is 0 Å². The summed E-state index contributed by atoms with van der Waals surface area (Å²) in [5.41, 5.74) is 0. The van der Waals surface area contributed by atoms with Gasteiger partial charge in [0.1, 0.15) is 12.6 Å². The molecule has 0 saturated heterocycles. The predicted octanol–water partition coefficient (Wildman–Crippen LogP) is -0.167. The summed E-state index contributed by atoms with van der Waals surface area (Å²) in [5, 5.41) is 9.85. The molecule has 100 valence electrons. The molecule has 0 rings (SSSR count). The van der Waals surface area contributed by atoms with Crippen LogP contribution in [0.25, 0.3) is 0 Å². The van der Waals surface area contributed by atoms with Crippen LogP contribution in [0.5, 0.6) is 0 Å². The SMILES string of the molecule is CCC[N+](CCC)(CCC)CC(O)CI.[I-]. The van der Waals surface area contributed by atoms with Crippen LogP contribution in [0.4, 0.5) is 0 Å². The minimum absolute atomic E-state index is 0. The van der Waals surface area contributed by atoms with Crippen LogP contribution in [-0.2, 0) is 0 Å². The van der Waals surface area contributed by atoms with Crippen molar-refractivity contribution in [2.45, 2.75) is 46.1 Å². The summed E-state index contributed by atoms with van der Waals surface area (Å²) in [6, 6.07) is 0. The Morgan fingerprint density at radius 3 is 1.62 bits per heavy atom. The smallest absolute Gasteiger partial charge is 0.112 e. The fourth-order valence-electron chi connectivity index (χ4n) is 2.53. The van der Waals surface area contributed by atoms with Gasteiger partial charge in [-0.25, -0.2) is 0 Å². The summed E-state index contributed by atoms with van der Waals surface area (Å²) in [7, 11) is 0. The monoisotopic (exact) mass is 455 g/mol. The van der Waals surface area contributed by atoms with Crippen molar-refractivity contribution in [3.05, 3.63) is 0 Å². The first kappa shape index (κ1) is 19.7. The lowest BCUT2D eigenvalue weighted by molar-refractivity contribution is -0.930. The highest BCUT2D eigenvalue weighted by Gasteiger charge is 2.27. The Morgan fingerprint density at radius 2 is 1.38 bits per heavy atom. The van der Waals surface area contributed by atoms with Gasteiger partial charge in [-0.1, -0.05) is 43.4 Å². The average molecular weight is 455 g/mol. The van der Waals surface area contributed by atoms with Crippen molar-refractivity contribution in [1.29, 1.82) is 0 Å². The summed E-state index contributed by atoms with van der Waals surface area (Å²) in [5.74, 6) is 0. The van der Waals surface area contributed by atoms with Crippen molar-refractivity contribution >= 4 is 22.6 Å². The zero-order valence-corrected chi connectivity index (χ0v) is 15.2. The molecule has 0 aliphatic rings. The minimum atomic E-state index is -0.129. The number of halogens is 2. The molecular formula is C12H27I2NO. The lowest BCUT2D eigenvalue weighted by Crippen LogP contribution is -3.00. The lowest BCUT2D eigenvalue weighted by atomic mass is 10.2. The Labute approximate surface area is 132 Å². The van der Waals surface area contributed by atoms with Gasteiger partial charge in [-0.2, -0.15) is 0 Å². The molecule has 0 saturated carbocycles. The molecular weight excluding hydrogens is 428 g/mol. The van der Waals surface area contributed by atoms with E-state index in [1.807, 2.05) is 0 Å². The fraction of sp³-hybridized carbons (Fsp3) is 1.00. The molecule has 0 spiro atoms. The number of aliphatic hydroxyl groups excluding tert-OH is 1. The third-order valence-electron chi connectivity index (χ3n) is 2.87. The standard InChI is InChI=1S/C12H27INO.HI/c1-4-7-14(8-5-2,9-6-3)11-12(15)10-13;/h12,15H,4-11H2,1-3H3;1H/q+1;/p-1. The number of quaternary nitrogens is 1. The van der Waals surface area contributed by atoms with Crippen molar-refractivity contribution in [2.75, 3.05) is 30.6 Å². The van der Waals surface area contributed by atoms with E-state index < -0.39 is 0 Å². The van der Waals surface area contributed by atoms with E-state index in [0.717, 1.165) is 15.5 Å². The highest BCUT2D eigenvalue weighted by molar-refractivity contribution is 14.1. The van der Waals surface area contributed by atoms with Crippen LogP contribution in [0.3, 0.4) is 0 Å². The van der Waals surface area contributed by atoms with Crippen molar-refractivity contribution in [3.63, 3.8) is 0 Å². The van der Waals surface area contributed by atoms with E-state index in [0.29, 0.717) is 0 Å². The number of rotatable bonds is 9. The van der Waals surface area contributed by atoms with E-state index in [9.17, 15) is 5.11 Å². The molecule has 0 heterocycles. The fourth-order valence-corrected chi connectivity index (χ4v) is 2.81. The maximum atomic E-state index is 9.85. The van der Waals surface area contributed by atoms with E-state index >= 15 is 0 Å². The molecule has 0 fully saturated rings. The number of nitrogens with zero attached hydrogens (tertiary/aromatic N) is 1.